The predicted molar refractivity (Wildman–Crippen MR) is 62.2 cm³/mol. The summed E-state index contributed by atoms with van der Waals surface area (Å²) in [6.07, 6.45) is -5.50. The fourth-order valence-electron chi connectivity index (χ4n) is 1.80. The van der Waals surface area contributed by atoms with Gasteiger partial charge in [-0.05, 0) is 25.6 Å². The van der Waals surface area contributed by atoms with Gasteiger partial charge in [-0.2, -0.15) is 21.6 Å². The van der Waals surface area contributed by atoms with Crippen LogP contribution in [-0.2, 0) is 18.7 Å². The second kappa shape index (κ2) is 5.47. The molecular weight excluding hydrogens is 289 g/mol. The van der Waals surface area contributed by atoms with E-state index >= 15 is 0 Å². The Morgan fingerprint density at radius 3 is 2.44 bits per heavy atom. The van der Waals surface area contributed by atoms with Gasteiger partial charge in [-0.1, -0.05) is 0 Å². The molecule has 1 saturated heterocycles. The van der Waals surface area contributed by atoms with Crippen molar-refractivity contribution in [1.82, 2.24) is 0 Å². The van der Waals surface area contributed by atoms with E-state index in [9.17, 15) is 21.6 Å². The van der Waals surface area contributed by atoms with Gasteiger partial charge in [-0.3, -0.25) is 4.18 Å². The normalized spacial score (nSPS) is 24.4. The highest BCUT2D eigenvalue weighted by molar-refractivity contribution is 7.87. The van der Waals surface area contributed by atoms with Gasteiger partial charge in [-0.25, -0.2) is 0 Å². The zero-order chi connectivity index (χ0) is 14.0. The summed E-state index contributed by atoms with van der Waals surface area (Å²) in [5, 5.41) is 0. The first kappa shape index (κ1) is 15.9. The Bertz CT molecular complexity index is 380. The third-order valence-corrected chi connectivity index (χ3v) is 6.35. The topological polar surface area (TPSA) is 52.6 Å². The molecule has 1 aliphatic heterocycles. The number of hydrogen-bond acceptors (Lipinski definition) is 4. The Labute approximate surface area is 106 Å². The second-order valence-electron chi connectivity index (χ2n) is 4.98. The summed E-state index contributed by atoms with van der Waals surface area (Å²) in [6.45, 7) is 3.54. The molecule has 0 aliphatic carbocycles. The van der Waals surface area contributed by atoms with E-state index in [1.165, 1.54) is 0 Å². The van der Waals surface area contributed by atoms with Crippen LogP contribution >= 0.6 is 0 Å². The molecule has 0 aromatic carbocycles. The minimum Gasteiger partial charge on any atom is -0.411 e. The summed E-state index contributed by atoms with van der Waals surface area (Å²) in [4.78, 5) is 0. The van der Waals surface area contributed by atoms with E-state index in [4.69, 9.17) is 4.43 Å². The van der Waals surface area contributed by atoms with Crippen LogP contribution in [-0.4, -0.2) is 41.4 Å². The number of alkyl halides is 3. The maximum Gasteiger partial charge on any atom is 0.389 e. The second-order valence-corrected chi connectivity index (χ2v) is 10.9. The quantitative estimate of drug-likeness (QED) is 0.577. The van der Waals surface area contributed by atoms with E-state index in [0.717, 1.165) is 0 Å². The van der Waals surface area contributed by atoms with Gasteiger partial charge in [0.05, 0.1) is 12.7 Å². The first-order valence-corrected chi connectivity index (χ1v) is 10.3. The Morgan fingerprint density at radius 2 is 2.00 bits per heavy atom. The minimum absolute atomic E-state index is 0.0169. The van der Waals surface area contributed by atoms with E-state index in [1.54, 1.807) is 13.1 Å². The first-order valence-electron chi connectivity index (χ1n) is 5.61. The lowest BCUT2D eigenvalue weighted by atomic mass is 10.3. The van der Waals surface area contributed by atoms with Crippen LogP contribution in [0.1, 0.15) is 12.8 Å². The van der Waals surface area contributed by atoms with Crippen LogP contribution in [0.2, 0.25) is 19.1 Å². The van der Waals surface area contributed by atoms with Crippen LogP contribution in [0.25, 0.3) is 0 Å². The highest BCUT2D eigenvalue weighted by Crippen LogP contribution is 2.27. The lowest BCUT2D eigenvalue weighted by Gasteiger charge is -2.26. The van der Waals surface area contributed by atoms with Crippen molar-refractivity contribution in [1.29, 1.82) is 0 Å². The molecule has 0 aromatic rings. The van der Waals surface area contributed by atoms with Gasteiger partial charge in [0.25, 0.3) is 10.1 Å². The van der Waals surface area contributed by atoms with Gasteiger partial charge < -0.3 is 4.43 Å². The fraction of sp³-hybridized carbons (Fsp3) is 1.00. The van der Waals surface area contributed by atoms with Crippen LogP contribution in [0.5, 0.6) is 0 Å². The summed E-state index contributed by atoms with van der Waals surface area (Å²) in [6, 6.07) is 0.350. The van der Waals surface area contributed by atoms with Crippen molar-refractivity contribution in [2.24, 2.45) is 0 Å². The Kier molecular flexibility index (Phi) is 4.85. The van der Waals surface area contributed by atoms with Gasteiger partial charge in [0, 0.05) is 6.42 Å². The molecule has 0 aromatic heterocycles. The van der Waals surface area contributed by atoms with Gasteiger partial charge >= 0.3 is 6.18 Å². The molecule has 108 valence electrons. The zero-order valence-electron chi connectivity index (χ0n) is 10.3. The van der Waals surface area contributed by atoms with Crippen molar-refractivity contribution >= 4 is 18.4 Å². The SMILES string of the molecule is C[Si](C)(CCCC(F)(F)F)OC1COS(=O)(=O)C1. The number of hydrogen-bond donors (Lipinski definition) is 0. The lowest BCUT2D eigenvalue weighted by Crippen LogP contribution is -2.37. The summed E-state index contributed by atoms with van der Waals surface area (Å²) in [7, 11) is -5.77. The molecule has 4 nitrogen and oxygen atoms in total. The molecule has 1 fully saturated rings. The molecule has 1 unspecified atom stereocenters. The Hall–Kier alpha value is -0.123. The monoisotopic (exact) mass is 306 g/mol. The summed E-state index contributed by atoms with van der Waals surface area (Å²) in [5.74, 6) is -0.206. The van der Waals surface area contributed by atoms with Gasteiger partial charge in [0.2, 0.25) is 0 Å². The van der Waals surface area contributed by atoms with Crippen molar-refractivity contribution in [3.8, 4) is 0 Å². The van der Waals surface area contributed by atoms with E-state index in [1.807, 2.05) is 0 Å². The van der Waals surface area contributed by atoms with Crippen molar-refractivity contribution in [2.45, 2.75) is 44.3 Å². The number of rotatable bonds is 5. The van der Waals surface area contributed by atoms with Crippen LogP contribution in [0.4, 0.5) is 13.2 Å². The average Bonchev–Trinajstić information content (AvgIpc) is 2.41. The standard InChI is InChI=1S/C9H17F3O4SSi/c1-18(2,5-3-4-9(10,11)12)16-8-6-15-17(13,14)7-8/h8H,3-7H2,1-2H3. The molecule has 0 spiro atoms. The Balaban J connectivity index is 2.36. The highest BCUT2D eigenvalue weighted by atomic mass is 32.2. The lowest BCUT2D eigenvalue weighted by molar-refractivity contribution is -0.134. The van der Waals surface area contributed by atoms with Crippen LogP contribution in [0.3, 0.4) is 0 Å². The summed E-state index contributed by atoms with van der Waals surface area (Å²) in [5.41, 5.74) is 0. The summed E-state index contributed by atoms with van der Waals surface area (Å²) < 4.78 is 68.3. The van der Waals surface area contributed by atoms with Crippen LogP contribution in [0.15, 0.2) is 0 Å². The van der Waals surface area contributed by atoms with E-state index in [-0.39, 0.29) is 18.8 Å². The van der Waals surface area contributed by atoms with Gasteiger partial charge in [0.15, 0.2) is 8.32 Å². The zero-order valence-corrected chi connectivity index (χ0v) is 12.1. The molecular formula is C9H17F3O4SSi. The number of halogens is 3. The van der Waals surface area contributed by atoms with Gasteiger partial charge in [-0.15, -0.1) is 0 Å². The molecule has 18 heavy (non-hydrogen) atoms. The maximum absolute atomic E-state index is 12.0. The van der Waals surface area contributed by atoms with E-state index in [2.05, 4.69) is 4.18 Å². The molecule has 1 rings (SSSR count). The highest BCUT2D eigenvalue weighted by Gasteiger charge is 2.36. The molecule has 0 amide bonds. The molecule has 0 saturated carbocycles. The molecule has 1 heterocycles. The predicted octanol–water partition coefficient (Wildman–Crippen LogP) is 2.28. The van der Waals surface area contributed by atoms with Crippen molar-refractivity contribution in [2.75, 3.05) is 12.4 Å². The third kappa shape index (κ3) is 6.16. The van der Waals surface area contributed by atoms with Gasteiger partial charge in [0.1, 0.15) is 5.75 Å². The largest absolute Gasteiger partial charge is 0.411 e. The molecule has 1 atom stereocenters. The molecule has 1 aliphatic rings. The van der Waals surface area contributed by atoms with Crippen LogP contribution < -0.4 is 0 Å². The fourth-order valence-corrected chi connectivity index (χ4v) is 5.19. The van der Waals surface area contributed by atoms with Crippen LogP contribution in [0, 0.1) is 0 Å². The molecule has 0 bridgehead atoms. The molecule has 0 radical (unpaired) electrons. The average molecular weight is 306 g/mol. The molecule has 9 heteroatoms. The maximum atomic E-state index is 12.0. The van der Waals surface area contributed by atoms with E-state index in [0.29, 0.717) is 6.04 Å². The third-order valence-electron chi connectivity index (χ3n) is 2.55. The minimum atomic E-state index is -4.15. The smallest absolute Gasteiger partial charge is 0.389 e. The van der Waals surface area contributed by atoms with Crippen molar-refractivity contribution in [3.05, 3.63) is 0 Å². The molecule has 0 N–H and O–H groups in total. The van der Waals surface area contributed by atoms with Crippen molar-refractivity contribution in [3.63, 3.8) is 0 Å². The Morgan fingerprint density at radius 1 is 1.39 bits per heavy atom. The first-order chi connectivity index (χ1) is 7.99. The van der Waals surface area contributed by atoms with E-state index < -0.39 is 37.1 Å². The summed E-state index contributed by atoms with van der Waals surface area (Å²) >= 11 is 0. The van der Waals surface area contributed by atoms with Crippen molar-refractivity contribution < 1.29 is 30.2 Å².